The average molecular weight is 358 g/mol. The molecule has 2 aromatic rings. The van der Waals surface area contributed by atoms with Gasteiger partial charge in [0.25, 0.3) is 0 Å². The largest absolute Gasteiger partial charge is 0.445 e. The molecule has 138 valence electrons. The fourth-order valence-electron chi connectivity index (χ4n) is 2.97. The highest BCUT2D eigenvalue weighted by atomic mass is 19.1. The summed E-state index contributed by atoms with van der Waals surface area (Å²) in [4.78, 5) is 22.1. The highest BCUT2D eigenvalue weighted by Gasteiger charge is 2.35. The lowest BCUT2D eigenvalue weighted by Crippen LogP contribution is -2.53. The molecule has 3 rings (SSSR count). The van der Waals surface area contributed by atoms with E-state index >= 15 is 0 Å². The minimum absolute atomic E-state index is 0.175. The van der Waals surface area contributed by atoms with Crippen molar-refractivity contribution in [2.45, 2.75) is 38.6 Å². The first-order valence-electron chi connectivity index (χ1n) is 8.77. The molecule has 2 atom stereocenters. The van der Waals surface area contributed by atoms with E-state index in [9.17, 15) is 9.18 Å². The van der Waals surface area contributed by atoms with Crippen LogP contribution in [0.5, 0.6) is 0 Å². The van der Waals surface area contributed by atoms with Crippen LogP contribution in [0.15, 0.2) is 42.7 Å². The van der Waals surface area contributed by atoms with E-state index in [1.807, 2.05) is 31.2 Å². The third kappa shape index (κ3) is 4.68. The van der Waals surface area contributed by atoms with Gasteiger partial charge in [-0.1, -0.05) is 29.8 Å². The summed E-state index contributed by atoms with van der Waals surface area (Å²) in [6.07, 6.45) is 2.68. The van der Waals surface area contributed by atoms with Gasteiger partial charge in [0, 0.05) is 25.5 Å². The van der Waals surface area contributed by atoms with Crippen LogP contribution in [0.1, 0.15) is 24.0 Å². The summed E-state index contributed by atoms with van der Waals surface area (Å²) < 4.78 is 19.8. The van der Waals surface area contributed by atoms with Gasteiger partial charge >= 0.3 is 6.09 Å². The lowest BCUT2D eigenvalue weighted by molar-refractivity contribution is 0.0413. The number of alkyl halides is 1. The van der Waals surface area contributed by atoms with E-state index in [4.69, 9.17) is 4.74 Å². The van der Waals surface area contributed by atoms with Crippen LogP contribution in [0.2, 0.25) is 0 Å². The Morgan fingerprint density at radius 2 is 2.04 bits per heavy atom. The number of benzene rings is 1. The summed E-state index contributed by atoms with van der Waals surface area (Å²) in [5, 5.41) is 3.00. The van der Waals surface area contributed by atoms with Crippen LogP contribution in [-0.4, -0.2) is 46.3 Å². The lowest BCUT2D eigenvalue weighted by Gasteiger charge is -2.37. The molecule has 1 N–H and O–H groups in total. The van der Waals surface area contributed by atoms with Crippen LogP contribution in [0.25, 0.3) is 0 Å². The minimum Gasteiger partial charge on any atom is -0.445 e. The second-order valence-corrected chi connectivity index (χ2v) is 6.41. The van der Waals surface area contributed by atoms with Gasteiger partial charge in [-0.25, -0.2) is 19.2 Å². The Bertz CT molecular complexity index is 711. The van der Waals surface area contributed by atoms with Crippen molar-refractivity contribution in [1.29, 1.82) is 0 Å². The molecule has 0 saturated carbocycles. The number of piperidine rings is 1. The third-order valence-electron chi connectivity index (χ3n) is 4.45. The summed E-state index contributed by atoms with van der Waals surface area (Å²) in [7, 11) is 0. The molecule has 1 aliphatic rings. The van der Waals surface area contributed by atoms with Crippen molar-refractivity contribution in [3.63, 3.8) is 0 Å². The van der Waals surface area contributed by atoms with Crippen LogP contribution >= 0.6 is 0 Å². The minimum atomic E-state index is -1.10. The van der Waals surface area contributed by atoms with E-state index in [1.165, 1.54) is 4.90 Å². The van der Waals surface area contributed by atoms with Gasteiger partial charge < -0.3 is 15.0 Å². The fourth-order valence-corrected chi connectivity index (χ4v) is 2.97. The van der Waals surface area contributed by atoms with E-state index in [1.54, 1.807) is 18.5 Å². The van der Waals surface area contributed by atoms with Gasteiger partial charge in [0.1, 0.15) is 12.8 Å². The topological polar surface area (TPSA) is 67.3 Å². The molecule has 7 heteroatoms. The molecule has 1 amide bonds. The number of carbonyl (C=O) groups is 1. The Kier molecular flexibility index (Phi) is 5.99. The number of rotatable bonds is 5. The first-order valence-corrected chi connectivity index (χ1v) is 8.77. The highest BCUT2D eigenvalue weighted by Crippen LogP contribution is 2.22. The number of carbonyl (C=O) groups excluding carboxylic acids is 1. The zero-order valence-corrected chi connectivity index (χ0v) is 14.8. The zero-order valence-electron chi connectivity index (χ0n) is 14.8. The Balaban J connectivity index is 1.59. The van der Waals surface area contributed by atoms with Crippen LogP contribution < -0.4 is 5.32 Å². The summed E-state index contributed by atoms with van der Waals surface area (Å²) in [5.41, 5.74) is 2.05. The standard InChI is InChI=1S/C19H23FN4O2/c1-14-5-7-15(8-6-14)13-26-19(25)24-11-2-4-16(20)17(24)12-23-18-21-9-3-10-22-18/h3,5-10,16-17H,2,4,11-13H2,1H3,(H,21,22,23)/t16-,17+/m0/s1. The van der Waals surface area contributed by atoms with Crippen molar-refractivity contribution in [1.82, 2.24) is 14.9 Å². The molecule has 0 aliphatic carbocycles. The number of aryl methyl sites for hydroxylation is 1. The van der Waals surface area contributed by atoms with Crippen LogP contribution in [0.3, 0.4) is 0 Å². The SMILES string of the molecule is Cc1ccc(COC(=O)N2CCC[C@H](F)[C@H]2CNc2ncccn2)cc1. The number of likely N-dealkylation sites (tertiary alicyclic amines) is 1. The van der Waals surface area contributed by atoms with Crippen LogP contribution in [0.4, 0.5) is 15.1 Å². The molecule has 2 heterocycles. The number of ether oxygens (including phenoxy) is 1. The van der Waals surface area contributed by atoms with E-state index < -0.39 is 18.3 Å². The monoisotopic (exact) mass is 358 g/mol. The molecule has 6 nitrogen and oxygen atoms in total. The maximum Gasteiger partial charge on any atom is 0.410 e. The van der Waals surface area contributed by atoms with Crippen molar-refractivity contribution in [3.8, 4) is 0 Å². The van der Waals surface area contributed by atoms with Crippen molar-refractivity contribution in [2.24, 2.45) is 0 Å². The molecule has 0 spiro atoms. The molecule has 1 saturated heterocycles. The molecule has 1 aromatic heterocycles. The average Bonchev–Trinajstić information content (AvgIpc) is 2.67. The van der Waals surface area contributed by atoms with Crippen LogP contribution in [-0.2, 0) is 11.3 Å². The van der Waals surface area contributed by atoms with Crippen LogP contribution in [0, 0.1) is 6.92 Å². The Morgan fingerprint density at radius 3 is 2.77 bits per heavy atom. The summed E-state index contributed by atoms with van der Waals surface area (Å²) in [6, 6.07) is 8.88. The molecule has 1 aliphatic heterocycles. The number of nitrogens with one attached hydrogen (secondary N) is 1. The number of hydrogen-bond acceptors (Lipinski definition) is 5. The molecule has 26 heavy (non-hydrogen) atoms. The van der Waals surface area contributed by atoms with Gasteiger partial charge in [-0.2, -0.15) is 0 Å². The van der Waals surface area contributed by atoms with Crippen molar-refractivity contribution in [2.75, 3.05) is 18.4 Å². The number of amides is 1. The van der Waals surface area contributed by atoms with E-state index in [2.05, 4.69) is 15.3 Å². The second-order valence-electron chi connectivity index (χ2n) is 6.41. The highest BCUT2D eigenvalue weighted by molar-refractivity contribution is 5.68. The fraction of sp³-hybridized carbons (Fsp3) is 0.421. The first kappa shape index (κ1) is 18.1. The zero-order chi connectivity index (χ0) is 18.4. The maximum absolute atomic E-state index is 14.4. The van der Waals surface area contributed by atoms with E-state index in [0.717, 1.165) is 11.1 Å². The number of hydrogen-bond donors (Lipinski definition) is 1. The van der Waals surface area contributed by atoms with Gasteiger partial charge in [0.2, 0.25) is 5.95 Å². The maximum atomic E-state index is 14.4. The van der Waals surface area contributed by atoms with Crippen molar-refractivity contribution in [3.05, 3.63) is 53.9 Å². The lowest BCUT2D eigenvalue weighted by atomic mass is 10.0. The number of anilines is 1. The Hall–Kier alpha value is -2.70. The Morgan fingerprint density at radius 1 is 1.31 bits per heavy atom. The van der Waals surface area contributed by atoms with Gasteiger partial charge in [0.15, 0.2) is 0 Å². The summed E-state index contributed by atoms with van der Waals surface area (Å²) in [5.74, 6) is 0.415. The molecular formula is C19H23FN4O2. The second kappa shape index (κ2) is 8.60. The molecular weight excluding hydrogens is 335 g/mol. The third-order valence-corrected chi connectivity index (χ3v) is 4.45. The van der Waals surface area contributed by atoms with Gasteiger partial charge in [-0.15, -0.1) is 0 Å². The van der Waals surface area contributed by atoms with Crippen molar-refractivity contribution >= 4 is 12.0 Å². The number of halogens is 1. The molecule has 1 aromatic carbocycles. The smallest absolute Gasteiger partial charge is 0.410 e. The Labute approximate surface area is 152 Å². The van der Waals surface area contributed by atoms with Gasteiger partial charge in [0.05, 0.1) is 6.04 Å². The summed E-state index contributed by atoms with van der Waals surface area (Å²) >= 11 is 0. The van der Waals surface area contributed by atoms with E-state index in [0.29, 0.717) is 25.3 Å². The quantitative estimate of drug-likeness (QED) is 0.888. The predicted octanol–water partition coefficient (Wildman–Crippen LogP) is 3.34. The molecule has 0 unspecified atom stereocenters. The first-order chi connectivity index (χ1) is 12.6. The number of aromatic nitrogens is 2. The van der Waals surface area contributed by atoms with Crippen molar-refractivity contribution < 1.29 is 13.9 Å². The molecule has 0 radical (unpaired) electrons. The van der Waals surface area contributed by atoms with Gasteiger partial charge in [-0.05, 0) is 31.4 Å². The predicted molar refractivity (Wildman–Crippen MR) is 96.5 cm³/mol. The normalized spacial score (nSPS) is 19.8. The van der Waals surface area contributed by atoms with Gasteiger partial charge in [-0.3, -0.25) is 0 Å². The summed E-state index contributed by atoms with van der Waals surface area (Å²) in [6.45, 7) is 2.90. The van der Waals surface area contributed by atoms with E-state index in [-0.39, 0.29) is 13.2 Å². The molecule has 1 fully saturated rings. The molecule has 0 bridgehead atoms. The number of nitrogens with zero attached hydrogens (tertiary/aromatic N) is 3.